The Balaban J connectivity index is 3.95. The first-order chi connectivity index (χ1) is 4.63. The van der Waals surface area contributed by atoms with Gasteiger partial charge >= 0.3 is 5.97 Å². The Hall–Kier alpha value is -0.870. The molecule has 0 amide bonds. The van der Waals surface area contributed by atoms with Gasteiger partial charge in [0.05, 0.1) is 19.3 Å². The van der Waals surface area contributed by atoms with Crippen LogP contribution < -0.4 is 0 Å². The van der Waals surface area contributed by atoms with E-state index in [4.69, 9.17) is 10.2 Å². The van der Waals surface area contributed by atoms with E-state index in [-0.39, 0.29) is 5.57 Å². The average Bonchev–Trinajstić information content (AvgIpc) is 2.00. The van der Waals surface area contributed by atoms with Gasteiger partial charge in [-0.1, -0.05) is 6.58 Å². The van der Waals surface area contributed by atoms with Crippen LogP contribution in [0.1, 0.15) is 0 Å². The molecule has 0 radical (unpaired) electrons. The second-order valence-corrected chi connectivity index (χ2v) is 1.72. The molecule has 4 nitrogen and oxygen atoms in total. The predicted molar refractivity (Wildman–Crippen MR) is 34.2 cm³/mol. The summed E-state index contributed by atoms with van der Waals surface area (Å²) >= 11 is 0. The van der Waals surface area contributed by atoms with Crippen LogP contribution in [0.2, 0.25) is 0 Å². The van der Waals surface area contributed by atoms with Crippen molar-refractivity contribution in [3.05, 3.63) is 12.2 Å². The zero-order chi connectivity index (χ0) is 8.15. The molecular formula is C6H10O4. The molecule has 0 aromatic rings. The van der Waals surface area contributed by atoms with Crippen LogP contribution in [0.25, 0.3) is 0 Å². The number of carbonyl (C=O) groups is 1. The Labute approximate surface area is 58.7 Å². The summed E-state index contributed by atoms with van der Waals surface area (Å²) in [4.78, 5) is 10.5. The first kappa shape index (κ1) is 9.13. The molecule has 0 aliphatic rings. The Morgan fingerprint density at radius 3 is 2.60 bits per heavy atom. The number of ether oxygens (including phenoxy) is 1. The van der Waals surface area contributed by atoms with E-state index in [1.165, 1.54) is 7.11 Å². The second kappa shape index (κ2) is 4.03. The van der Waals surface area contributed by atoms with Gasteiger partial charge in [-0.05, 0) is 0 Å². The van der Waals surface area contributed by atoms with Crippen molar-refractivity contribution >= 4 is 5.97 Å². The van der Waals surface area contributed by atoms with Gasteiger partial charge in [0, 0.05) is 0 Å². The molecule has 4 heteroatoms. The predicted octanol–water partition coefficient (Wildman–Crippen LogP) is -0.931. The third-order valence-electron chi connectivity index (χ3n) is 1.02. The van der Waals surface area contributed by atoms with Gasteiger partial charge in [-0.15, -0.1) is 0 Å². The van der Waals surface area contributed by atoms with Crippen molar-refractivity contribution in [2.45, 2.75) is 6.10 Å². The molecule has 58 valence electrons. The van der Waals surface area contributed by atoms with E-state index in [1.54, 1.807) is 0 Å². The molecule has 0 bridgehead atoms. The summed E-state index contributed by atoms with van der Waals surface area (Å²) < 4.78 is 4.23. The maximum Gasteiger partial charge on any atom is 0.335 e. The zero-order valence-corrected chi connectivity index (χ0v) is 5.70. The number of methoxy groups -OCH3 is 1. The quantitative estimate of drug-likeness (QED) is 0.398. The molecule has 0 aromatic heterocycles. The fourth-order valence-electron chi connectivity index (χ4n) is 0.377. The fourth-order valence-corrected chi connectivity index (χ4v) is 0.377. The van der Waals surface area contributed by atoms with E-state index in [2.05, 4.69) is 11.3 Å². The Morgan fingerprint density at radius 1 is 1.80 bits per heavy atom. The number of hydrogen-bond donors (Lipinski definition) is 2. The number of aliphatic hydroxyl groups is 2. The van der Waals surface area contributed by atoms with Gasteiger partial charge in [0.1, 0.15) is 6.10 Å². The van der Waals surface area contributed by atoms with Gasteiger partial charge in [0.25, 0.3) is 0 Å². The molecule has 0 aliphatic carbocycles. The highest BCUT2D eigenvalue weighted by molar-refractivity contribution is 5.88. The third-order valence-corrected chi connectivity index (χ3v) is 1.02. The Morgan fingerprint density at radius 2 is 2.30 bits per heavy atom. The number of rotatable bonds is 3. The minimum Gasteiger partial charge on any atom is -0.466 e. The van der Waals surface area contributed by atoms with Crippen LogP contribution in [0.3, 0.4) is 0 Å². The molecule has 0 unspecified atom stereocenters. The van der Waals surface area contributed by atoms with Crippen LogP contribution in [-0.4, -0.2) is 36.0 Å². The Kier molecular flexibility index (Phi) is 3.68. The van der Waals surface area contributed by atoms with E-state index >= 15 is 0 Å². The van der Waals surface area contributed by atoms with E-state index in [1.807, 2.05) is 0 Å². The highest BCUT2D eigenvalue weighted by atomic mass is 16.5. The summed E-state index contributed by atoms with van der Waals surface area (Å²) in [7, 11) is 1.18. The van der Waals surface area contributed by atoms with Crippen LogP contribution in [0.15, 0.2) is 12.2 Å². The molecule has 0 fully saturated rings. The topological polar surface area (TPSA) is 66.8 Å². The van der Waals surface area contributed by atoms with E-state index in [9.17, 15) is 4.79 Å². The van der Waals surface area contributed by atoms with Gasteiger partial charge in [-0.2, -0.15) is 0 Å². The molecule has 0 aliphatic heterocycles. The zero-order valence-electron chi connectivity index (χ0n) is 5.70. The van der Waals surface area contributed by atoms with Gasteiger partial charge in [-0.25, -0.2) is 4.79 Å². The normalized spacial score (nSPS) is 12.3. The number of aliphatic hydroxyl groups excluding tert-OH is 2. The number of esters is 1. The molecule has 10 heavy (non-hydrogen) atoms. The van der Waals surface area contributed by atoms with Crippen molar-refractivity contribution in [1.82, 2.24) is 0 Å². The molecule has 0 rings (SSSR count). The number of carbonyl (C=O) groups excluding carboxylic acids is 1. The van der Waals surface area contributed by atoms with E-state index < -0.39 is 18.7 Å². The minimum absolute atomic E-state index is 0.134. The summed E-state index contributed by atoms with van der Waals surface area (Å²) in [5, 5.41) is 17.1. The van der Waals surface area contributed by atoms with Crippen molar-refractivity contribution in [1.29, 1.82) is 0 Å². The third kappa shape index (κ3) is 2.16. The minimum atomic E-state index is -1.22. The second-order valence-electron chi connectivity index (χ2n) is 1.72. The molecule has 0 aromatic carbocycles. The molecule has 0 spiro atoms. The summed E-state index contributed by atoms with van der Waals surface area (Å²) in [6.45, 7) is 2.69. The molecular weight excluding hydrogens is 136 g/mol. The molecule has 2 N–H and O–H groups in total. The van der Waals surface area contributed by atoms with Gasteiger partial charge in [0.15, 0.2) is 0 Å². The monoisotopic (exact) mass is 146 g/mol. The molecule has 0 saturated heterocycles. The first-order valence-corrected chi connectivity index (χ1v) is 2.69. The van der Waals surface area contributed by atoms with Crippen molar-refractivity contribution < 1.29 is 19.7 Å². The maximum atomic E-state index is 10.5. The summed E-state index contributed by atoms with van der Waals surface area (Å²) in [5.74, 6) is -0.707. The van der Waals surface area contributed by atoms with Crippen LogP contribution in [0.5, 0.6) is 0 Å². The summed E-state index contributed by atoms with van der Waals surface area (Å²) in [5.41, 5.74) is -0.134. The van der Waals surface area contributed by atoms with Crippen molar-refractivity contribution in [2.24, 2.45) is 0 Å². The van der Waals surface area contributed by atoms with Crippen LogP contribution in [0.4, 0.5) is 0 Å². The van der Waals surface area contributed by atoms with Gasteiger partial charge in [-0.3, -0.25) is 0 Å². The van der Waals surface area contributed by atoms with Crippen molar-refractivity contribution in [2.75, 3.05) is 13.7 Å². The standard InChI is InChI=1S/C6H10O4/c1-4(5(8)3-7)6(9)10-2/h5,7-8H,1,3H2,2H3/t5-/m0/s1. The molecule has 1 atom stereocenters. The van der Waals surface area contributed by atoms with Gasteiger partial charge < -0.3 is 14.9 Å². The highest BCUT2D eigenvalue weighted by Gasteiger charge is 2.14. The van der Waals surface area contributed by atoms with E-state index in [0.29, 0.717) is 0 Å². The lowest BCUT2D eigenvalue weighted by Gasteiger charge is -2.07. The molecule has 0 saturated carbocycles. The Bertz CT molecular complexity index is 141. The fraction of sp³-hybridized carbons (Fsp3) is 0.500. The van der Waals surface area contributed by atoms with Crippen molar-refractivity contribution in [3.63, 3.8) is 0 Å². The van der Waals surface area contributed by atoms with Crippen molar-refractivity contribution in [3.8, 4) is 0 Å². The lowest BCUT2D eigenvalue weighted by molar-refractivity contribution is -0.137. The summed E-state index contributed by atoms with van der Waals surface area (Å²) in [6.07, 6.45) is -1.22. The van der Waals surface area contributed by atoms with Crippen LogP contribution in [0, 0.1) is 0 Å². The average molecular weight is 146 g/mol. The highest BCUT2D eigenvalue weighted by Crippen LogP contribution is 1.99. The van der Waals surface area contributed by atoms with E-state index in [0.717, 1.165) is 0 Å². The molecule has 0 heterocycles. The lowest BCUT2D eigenvalue weighted by atomic mass is 10.2. The van der Waals surface area contributed by atoms with Gasteiger partial charge in [0.2, 0.25) is 0 Å². The maximum absolute atomic E-state index is 10.5. The van der Waals surface area contributed by atoms with Crippen LogP contribution in [-0.2, 0) is 9.53 Å². The summed E-state index contributed by atoms with van der Waals surface area (Å²) in [6, 6.07) is 0. The number of hydrogen-bond acceptors (Lipinski definition) is 4. The SMILES string of the molecule is C=C(C(=O)OC)[C@@H](O)CO. The largest absolute Gasteiger partial charge is 0.466 e. The smallest absolute Gasteiger partial charge is 0.335 e. The lowest BCUT2D eigenvalue weighted by Crippen LogP contribution is -2.21. The van der Waals surface area contributed by atoms with Crippen LogP contribution >= 0.6 is 0 Å². The first-order valence-electron chi connectivity index (χ1n) is 2.69.